The van der Waals surface area contributed by atoms with Gasteiger partial charge in [-0.2, -0.15) is 0 Å². The molecule has 1 aromatic heterocycles. The SMILES string of the molecule is CC(CNC(=O)c1conc1C(C)(C)N)N(C)Cc1ccccc1. The first-order valence-corrected chi connectivity index (χ1v) is 8.05. The lowest BCUT2D eigenvalue weighted by Gasteiger charge is -2.25. The summed E-state index contributed by atoms with van der Waals surface area (Å²) in [5.41, 5.74) is 7.39. The van der Waals surface area contributed by atoms with E-state index in [9.17, 15) is 4.79 Å². The molecule has 1 heterocycles. The third-order valence-corrected chi connectivity index (χ3v) is 4.01. The van der Waals surface area contributed by atoms with Gasteiger partial charge in [0.2, 0.25) is 0 Å². The first kappa shape index (κ1) is 18.2. The molecule has 2 aromatic rings. The van der Waals surface area contributed by atoms with Crippen LogP contribution < -0.4 is 11.1 Å². The molecule has 0 fully saturated rings. The minimum atomic E-state index is -0.727. The van der Waals surface area contributed by atoms with Gasteiger partial charge in [-0.15, -0.1) is 0 Å². The van der Waals surface area contributed by atoms with Gasteiger partial charge >= 0.3 is 0 Å². The van der Waals surface area contributed by atoms with Crippen molar-refractivity contribution in [2.75, 3.05) is 13.6 Å². The molecule has 0 aliphatic rings. The van der Waals surface area contributed by atoms with E-state index in [-0.39, 0.29) is 11.9 Å². The highest BCUT2D eigenvalue weighted by molar-refractivity contribution is 5.95. The zero-order valence-corrected chi connectivity index (χ0v) is 14.7. The van der Waals surface area contributed by atoms with Crippen LogP contribution in [0.4, 0.5) is 0 Å². The Labute approximate surface area is 143 Å². The second-order valence-corrected chi connectivity index (χ2v) is 6.76. The van der Waals surface area contributed by atoms with Crippen LogP contribution in [0.1, 0.15) is 42.4 Å². The molecule has 6 heteroatoms. The molecule has 1 amide bonds. The molecular formula is C18H26N4O2. The summed E-state index contributed by atoms with van der Waals surface area (Å²) in [6.07, 6.45) is 1.34. The number of rotatable bonds is 7. The third-order valence-electron chi connectivity index (χ3n) is 4.01. The fraction of sp³-hybridized carbons (Fsp3) is 0.444. The van der Waals surface area contributed by atoms with Crippen molar-refractivity contribution in [2.45, 2.75) is 38.9 Å². The lowest BCUT2D eigenvalue weighted by atomic mass is 9.98. The summed E-state index contributed by atoms with van der Waals surface area (Å²) >= 11 is 0. The number of nitrogens with zero attached hydrogens (tertiary/aromatic N) is 2. The van der Waals surface area contributed by atoms with Crippen molar-refractivity contribution in [3.63, 3.8) is 0 Å². The molecule has 130 valence electrons. The maximum Gasteiger partial charge on any atom is 0.256 e. The molecule has 6 nitrogen and oxygen atoms in total. The topological polar surface area (TPSA) is 84.4 Å². The van der Waals surface area contributed by atoms with E-state index >= 15 is 0 Å². The van der Waals surface area contributed by atoms with Crippen molar-refractivity contribution in [1.29, 1.82) is 0 Å². The van der Waals surface area contributed by atoms with E-state index in [2.05, 4.69) is 34.4 Å². The van der Waals surface area contributed by atoms with Crippen molar-refractivity contribution in [1.82, 2.24) is 15.4 Å². The zero-order valence-electron chi connectivity index (χ0n) is 14.7. The van der Waals surface area contributed by atoms with E-state index in [1.807, 2.05) is 25.2 Å². The molecule has 0 spiro atoms. The van der Waals surface area contributed by atoms with Gasteiger partial charge in [-0.1, -0.05) is 35.5 Å². The van der Waals surface area contributed by atoms with Gasteiger partial charge in [0, 0.05) is 19.1 Å². The minimum absolute atomic E-state index is 0.184. The molecule has 0 aliphatic heterocycles. The number of hydrogen-bond donors (Lipinski definition) is 2. The van der Waals surface area contributed by atoms with Crippen LogP contribution >= 0.6 is 0 Å². The number of likely N-dealkylation sites (N-methyl/N-ethyl adjacent to an activating group) is 1. The molecule has 1 aromatic carbocycles. The van der Waals surface area contributed by atoms with Crippen LogP contribution in [0, 0.1) is 0 Å². The molecule has 3 N–H and O–H groups in total. The van der Waals surface area contributed by atoms with Gasteiger partial charge in [0.1, 0.15) is 17.5 Å². The predicted molar refractivity (Wildman–Crippen MR) is 93.4 cm³/mol. The van der Waals surface area contributed by atoms with E-state index < -0.39 is 5.54 Å². The highest BCUT2D eigenvalue weighted by Gasteiger charge is 2.26. The fourth-order valence-electron chi connectivity index (χ4n) is 2.38. The van der Waals surface area contributed by atoms with Crippen molar-refractivity contribution >= 4 is 5.91 Å². The highest BCUT2D eigenvalue weighted by atomic mass is 16.5. The number of carbonyl (C=O) groups is 1. The van der Waals surface area contributed by atoms with Crippen LogP contribution in [-0.2, 0) is 12.1 Å². The number of hydrogen-bond acceptors (Lipinski definition) is 5. The molecule has 2 rings (SSSR count). The van der Waals surface area contributed by atoms with Gasteiger partial charge in [-0.25, -0.2) is 0 Å². The first-order chi connectivity index (χ1) is 11.3. The summed E-state index contributed by atoms with van der Waals surface area (Å²) in [6, 6.07) is 10.4. The summed E-state index contributed by atoms with van der Waals surface area (Å²) in [4.78, 5) is 14.6. The number of nitrogens with one attached hydrogen (secondary N) is 1. The highest BCUT2D eigenvalue weighted by Crippen LogP contribution is 2.19. The van der Waals surface area contributed by atoms with Gasteiger partial charge in [-0.3, -0.25) is 9.69 Å². The second-order valence-electron chi connectivity index (χ2n) is 6.76. The van der Waals surface area contributed by atoms with Crippen LogP contribution in [0.15, 0.2) is 41.1 Å². The maximum atomic E-state index is 12.4. The van der Waals surface area contributed by atoms with Gasteiger partial charge in [0.25, 0.3) is 5.91 Å². The van der Waals surface area contributed by atoms with Crippen LogP contribution in [0.3, 0.4) is 0 Å². The minimum Gasteiger partial charge on any atom is -0.364 e. The lowest BCUT2D eigenvalue weighted by Crippen LogP contribution is -2.40. The molecule has 0 saturated carbocycles. The second kappa shape index (κ2) is 7.59. The quantitative estimate of drug-likeness (QED) is 0.812. The van der Waals surface area contributed by atoms with E-state index in [0.29, 0.717) is 17.8 Å². The lowest BCUT2D eigenvalue weighted by molar-refractivity contribution is 0.0937. The Morgan fingerprint density at radius 1 is 1.38 bits per heavy atom. The Balaban J connectivity index is 1.91. The summed E-state index contributed by atoms with van der Waals surface area (Å²) in [5.74, 6) is -0.218. The number of benzene rings is 1. The average Bonchev–Trinajstić information content (AvgIpc) is 3.03. The fourth-order valence-corrected chi connectivity index (χ4v) is 2.38. The van der Waals surface area contributed by atoms with E-state index in [4.69, 9.17) is 10.3 Å². The standard InChI is InChI=1S/C18H26N4O2/c1-13(22(4)11-14-8-6-5-7-9-14)10-20-17(23)15-12-24-21-16(15)18(2,3)19/h5-9,12-13H,10-11,19H2,1-4H3,(H,20,23). The van der Waals surface area contributed by atoms with E-state index in [1.165, 1.54) is 11.8 Å². The average molecular weight is 330 g/mol. The maximum absolute atomic E-state index is 12.4. The molecule has 24 heavy (non-hydrogen) atoms. The van der Waals surface area contributed by atoms with Gasteiger partial charge in [0.05, 0.1) is 5.54 Å². The number of nitrogens with two attached hydrogens (primary N) is 1. The van der Waals surface area contributed by atoms with Crippen LogP contribution in [-0.4, -0.2) is 35.6 Å². The predicted octanol–water partition coefficient (Wildman–Crippen LogP) is 2.12. The van der Waals surface area contributed by atoms with Gasteiger partial charge in [-0.05, 0) is 33.4 Å². The zero-order chi connectivity index (χ0) is 17.7. The van der Waals surface area contributed by atoms with Crippen molar-refractivity contribution in [3.05, 3.63) is 53.4 Å². The van der Waals surface area contributed by atoms with Gasteiger partial charge in [0.15, 0.2) is 0 Å². The molecule has 0 saturated heterocycles. The molecule has 0 radical (unpaired) electrons. The van der Waals surface area contributed by atoms with Crippen molar-refractivity contribution in [2.24, 2.45) is 5.73 Å². The Kier molecular flexibility index (Phi) is 5.75. The smallest absolute Gasteiger partial charge is 0.256 e. The molecule has 0 aliphatic carbocycles. The Bertz CT molecular complexity index is 661. The monoisotopic (exact) mass is 330 g/mol. The summed E-state index contributed by atoms with van der Waals surface area (Å²) in [6.45, 7) is 7.00. The number of carbonyl (C=O) groups excluding carboxylic acids is 1. The number of amides is 1. The van der Waals surface area contributed by atoms with Crippen LogP contribution in [0.25, 0.3) is 0 Å². The first-order valence-electron chi connectivity index (χ1n) is 8.05. The van der Waals surface area contributed by atoms with E-state index in [1.54, 1.807) is 13.8 Å². The van der Waals surface area contributed by atoms with Crippen molar-refractivity contribution in [3.8, 4) is 0 Å². The third kappa shape index (κ3) is 4.66. The summed E-state index contributed by atoms with van der Waals surface area (Å²) in [7, 11) is 2.04. The molecular weight excluding hydrogens is 304 g/mol. The summed E-state index contributed by atoms with van der Waals surface area (Å²) in [5, 5.41) is 6.78. The van der Waals surface area contributed by atoms with Gasteiger partial charge < -0.3 is 15.6 Å². The molecule has 1 atom stereocenters. The Morgan fingerprint density at radius 2 is 2.04 bits per heavy atom. The normalized spacial score (nSPS) is 13.1. The molecule has 0 bridgehead atoms. The van der Waals surface area contributed by atoms with Crippen molar-refractivity contribution < 1.29 is 9.32 Å². The Morgan fingerprint density at radius 3 is 2.67 bits per heavy atom. The van der Waals surface area contributed by atoms with E-state index in [0.717, 1.165) is 6.54 Å². The molecule has 1 unspecified atom stereocenters. The number of aromatic nitrogens is 1. The largest absolute Gasteiger partial charge is 0.364 e. The summed E-state index contributed by atoms with van der Waals surface area (Å²) < 4.78 is 4.93. The van der Waals surface area contributed by atoms with Crippen LogP contribution in [0.5, 0.6) is 0 Å². The van der Waals surface area contributed by atoms with Crippen LogP contribution in [0.2, 0.25) is 0 Å². The Hall–Kier alpha value is -2.18.